The van der Waals surface area contributed by atoms with E-state index in [4.69, 9.17) is 9.47 Å². The van der Waals surface area contributed by atoms with Gasteiger partial charge in [-0.25, -0.2) is 8.42 Å². The lowest BCUT2D eigenvalue weighted by atomic mass is 10.1. The van der Waals surface area contributed by atoms with Gasteiger partial charge in [0.15, 0.2) is 0 Å². The highest BCUT2D eigenvalue weighted by Gasteiger charge is 2.28. The molecule has 2 rings (SSSR count). The van der Waals surface area contributed by atoms with Crippen molar-refractivity contribution in [2.24, 2.45) is 0 Å². The summed E-state index contributed by atoms with van der Waals surface area (Å²) in [7, 11) is -2.11. The van der Waals surface area contributed by atoms with Gasteiger partial charge in [0, 0.05) is 6.54 Å². The maximum Gasteiger partial charge on any atom is 0.243 e. The van der Waals surface area contributed by atoms with Crippen molar-refractivity contribution in [3.8, 4) is 11.5 Å². The first kappa shape index (κ1) is 23.5. The highest BCUT2D eigenvalue weighted by Crippen LogP contribution is 2.23. The molecule has 0 spiro atoms. The molecule has 0 fully saturated rings. The number of carbonyl (C=O) groups is 1. The summed E-state index contributed by atoms with van der Waals surface area (Å²) in [6.45, 7) is 4.60. The fourth-order valence-corrected chi connectivity index (χ4v) is 4.28. The predicted octanol–water partition coefficient (Wildman–Crippen LogP) is 3.00. The van der Waals surface area contributed by atoms with E-state index < -0.39 is 16.1 Å². The maximum atomic E-state index is 12.6. The molecule has 0 aromatic heterocycles. The van der Waals surface area contributed by atoms with Crippen LogP contribution in [-0.4, -0.2) is 46.9 Å². The fourth-order valence-electron chi connectivity index (χ4n) is 3.11. The van der Waals surface area contributed by atoms with Crippen LogP contribution in [0, 0.1) is 0 Å². The highest BCUT2D eigenvalue weighted by atomic mass is 32.2. The van der Waals surface area contributed by atoms with Crippen LogP contribution < -0.4 is 19.1 Å². The van der Waals surface area contributed by atoms with Gasteiger partial charge in [-0.3, -0.25) is 9.10 Å². The Morgan fingerprint density at radius 3 is 2.20 bits per heavy atom. The van der Waals surface area contributed by atoms with Gasteiger partial charge in [0.2, 0.25) is 15.9 Å². The van der Waals surface area contributed by atoms with E-state index in [1.165, 1.54) is 7.11 Å². The maximum absolute atomic E-state index is 12.6. The number of aryl methyl sites for hydroxylation is 1. The molecule has 2 aromatic carbocycles. The van der Waals surface area contributed by atoms with Crippen LogP contribution in [0.25, 0.3) is 0 Å². The van der Waals surface area contributed by atoms with E-state index in [-0.39, 0.29) is 5.91 Å². The minimum Gasteiger partial charge on any atom is -0.497 e. The zero-order valence-electron chi connectivity index (χ0n) is 17.9. The number of ether oxygens (including phenoxy) is 2. The second kappa shape index (κ2) is 10.9. The molecule has 7 nitrogen and oxygen atoms in total. The van der Waals surface area contributed by atoms with Crippen molar-refractivity contribution in [3.05, 3.63) is 54.1 Å². The molecule has 0 aliphatic rings. The Kier molecular flexibility index (Phi) is 8.53. The molecule has 0 bridgehead atoms. The number of carbonyl (C=O) groups excluding carboxylic acids is 1. The molecule has 0 aliphatic carbocycles. The van der Waals surface area contributed by atoms with Gasteiger partial charge in [0.25, 0.3) is 0 Å². The van der Waals surface area contributed by atoms with Crippen molar-refractivity contribution in [2.75, 3.05) is 30.8 Å². The molecule has 0 saturated heterocycles. The Hall–Kier alpha value is -2.74. The van der Waals surface area contributed by atoms with Crippen LogP contribution in [0.2, 0.25) is 0 Å². The van der Waals surface area contributed by atoms with Crippen LogP contribution in [0.3, 0.4) is 0 Å². The number of nitrogens with one attached hydrogen (secondary N) is 1. The molecule has 0 aliphatic heterocycles. The van der Waals surface area contributed by atoms with E-state index in [2.05, 4.69) is 5.32 Å². The van der Waals surface area contributed by atoms with E-state index in [0.29, 0.717) is 24.6 Å². The van der Waals surface area contributed by atoms with E-state index in [1.807, 2.05) is 31.2 Å². The highest BCUT2D eigenvalue weighted by molar-refractivity contribution is 7.92. The van der Waals surface area contributed by atoms with Crippen molar-refractivity contribution < 1.29 is 22.7 Å². The molecule has 0 heterocycles. The number of rotatable bonds is 11. The minimum absolute atomic E-state index is 0.345. The zero-order valence-corrected chi connectivity index (χ0v) is 18.7. The molecule has 30 heavy (non-hydrogen) atoms. The first-order valence-corrected chi connectivity index (χ1v) is 11.7. The standard InChI is InChI=1S/C22H30N2O5S/c1-5-29-21-12-8-18(9-13-21)7-6-16-23-22(25)17(2)24(30(4,26)27)19-10-14-20(28-3)15-11-19/h8-15,17H,5-7,16H2,1-4H3,(H,23,25). The zero-order chi connectivity index (χ0) is 22.1. The topological polar surface area (TPSA) is 84.9 Å². The molecule has 0 radical (unpaired) electrons. The molecule has 1 atom stereocenters. The van der Waals surface area contributed by atoms with Gasteiger partial charge >= 0.3 is 0 Å². The Morgan fingerprint density at radius 1 is 1.07 bits per heavy atom. The number of benzene rings is 2. The summed E-state index contributed by atoms with van der Waals surface area (Å²) in [5.41, 5.74) is 1.56. The third-order valence-corrected chi connectivity index (χ3v) is 5.83. The second-order valence-corrected chi connectivity index (χ2v) is 8.76. The van der Waals surface area contributed by atoms with E-state index in [1.54, 1.807) is 31.2 Å². The van der Waals surface area contributed by atoms with Crippen molar-refractivity contribution in [2.45, 2.75) is 32.7 Å². The van der Waals surface area contributed by atoms with Gasteiger partial charge < -0.3 is 14.8 Å². The summed E-state index contributed by atoms with van der Waals surface area (Å²) in [6.07, 6.45) is 2.64. The molecule has 0 saturated carbocycles. The summed E-state index contributed by atoms with van der Waals surface area (Å²) < 4.78 is 36.3. The number of hydrogen-bond acceptors (Lipinski definition) is 5. The molecule has 1 unspecified atom stereocenters. The summed E-state index contributed by atoms with van der Waals surface area (Å²) in [4.78, 5) is 12.6. The first-order chi connectivity index (χ1) is 14.3. The summed E-state index contributed by atoms with van der Waals surface area (Å²) in [6, 6.07) is 13.6. The number of anilines is 1. The first-order valence-electron chi connectivity index (χ1n) is 9.89. The van der Waals surface area contributed by atoms with Gasteiger partial charge in [-0.2, -0.15) is 0 Å². The van der Waals surface area contributed by atoms with Crippen molar-refractivity contribution in [1.82, 2.24) is 5.32 Å². The lowest BCUT2D eigenvalue weighted by Crippen LogP contribution is -2.48. The Balaban J connectivity index is 1.93. The van der Waals surface area contributed by atoms with Crippen LogP contribution >= 0.6 is 0 Å². The largest absolute Gasteiger partial charge is 0.497 e. The third kappa shape index (κ3) is 6.66. The van der Waals surface area contributed by atoms with Gasteiger partial charge in [-0.15, -0.1) is 0 Å². The molecule has 164 valence electrons. The lowest BCUT2D eigenvalue weighted by molar-refractivity contribution is -0.121. The minimum atomic E-state index is -3.64. The monoisotopic (exact) mass is 434 g/mol. The Morgan fingerprint density at radius 2 is 1.67 bits per heavy atom. The molecule has 1 N–H and O–H groups in total. The van der Waals surface area contributed by atoms with Gasteiger partial charge in [-0.1, -0.05) is 12.1 Å². The Labute approximate surface area is 179 Å². The predicted molar refractivity (Wildman–Crippen MR) is 119 cm³/mol. The average Bonchev–Trinajstić information content (AvgIpc) is 2.72. The van der Waals surface area contributed by atoms with Crippen molar-refractivity contribution in [1.29, 1.82) is 0 Å². The van der Waals surface area contributed by atoms with Crippen LogP contribution in [0.5, 0.6) is 11.5 Å². The van der Waals surface area contributed by atoms with E-state index in [0.717, 1.165) is 34.7 Å². The summed E-state index contributed by atoms with van der Waals surface area (Å²) >= 11 is 0. The average molecular weight is 435 g/mol. The molecular formula is C22H30N2O5S. The SMILES string of the molecule is CCOc1ccc(CCCNC(=O)C(C)N(c2ccc(OC)cc2)S(C)(=O)=O)cc1. The second-order valence-electron chi connectivity index (χ2n) is 6.90. The molecule has 2 aromatic rings. The summed E-state index contributed by atoms with van der Waals surface area (Å²) in [5.74, 6) is 1.10. The fraction of sp³-hybridized carbons (Fsp3) is 0.409. The molecular weight excluding hydrogens is 404 g/mol. The van der Waals surface area contributed by atoms with E-state index in [9.17, 15) is 13.2 Å². The van der Waals surface area contributed by atoms with Crippen LogP contribution in [-0.2, 0) is 21.2 Å². The number of amides is 1. The Bertz CT molecular complexity index is 912. The summed E-state index contributed by atoms with van der Waals surface area (Å²) in [5, 5.41) is 2.83. The van der Waals surface area contributed by atoms with Crippen molar-refractivity contribution in [3.63, 3.8) is 0 Å². The quantitative estimate of drug-likeness (QED) is 0.550. The smallest absolute Gasteiger partial charge is 0.243 e. The number of sulfonamides is 1. The van der Waals surface area contributed by atoms with Gasteiger partial charge in [0.1, 0.15) is 17.5 Å². The number of hydrogen-bond donors (Lipinski definition) is 1. The molecule has 8 heteroatoms. The molecule has 1 amide bonds. The van der Waals surface area contributed by atoms with Gasteiger partial charge in [-0.05, 0) is 68.7 Å². The van der Waals surface area contributed by atoms with Gasteiger partial charge in [0.05, 0.1) is 25.7 Å². The third-order valence-electron chi connectivity index (χ3n) is 4.59. The van der Waals surface area contributed by atoms with Crippen LogP contribution in [0.4, 0.5) is 5.69 Å². The van der Waals surface area contributed by atoms with E-state index >= 15 is 0 Å². The lowest BCUT2D eigenvalue weighted by Gasteiger charge is -2.28. The normalized spacial score (nSPS) is 12.1. The van der Waals surface area contributed by atoms with Crippen LogP contribution in [0.1, 0.15) is 25.8 Å². The number of nitrogens with zero attached hydrogens (tertiary/aromatic N) is 1. The van der Waals surface area contributed by atoms with Crippen molar-refractivity contribution >= 4 is 21.6 Å². The van der Waals surface area contributed by atoms with Crippen LogP contribution in [0.15, 0.2) is 48.5 Å². The number of methoxy groups -OCH3 is 1.